The summed E-state index contributed by atoms with van der Waals surface area (Å²) < 4.78 is 17.9. The van der Waals surface area contributed by atoms with Gasteiger partial charge in [0.05, 0.1) is 0 Å². The maximum absolute atomic E-state index is 12.5. The molecule has 0 amide bonds. The minimum absolute atomic E-state index is 0.165. The first-order chi connectivity index (χ1) is 9.61. The summed E-state index contributed by atoms with van der Waals surface area (Å²) >= 11 is 0. The highest BCUT2D eigenvalue weighted by molar-refractivity contribution is 7.85. The normalized spacial score (nSPS) is 19.8. The molecule has 2 atom stereocenters. The van der Waals surface area contributed by atoms with Gasteiger partial charge >= 0.3 is 0 Å². The van der Waals surface area contributed by atoms with E-state index in [-0.39, 0.29) is 6.04 Å². The van der Waals surface area contributed by atoms with Gasteiger partial charge in [0.1, 0.15) is 0 Å². The summed E-state index contributed by atoms with van der Waals surface area (Å²) in [5, 5.41) is 3.61. The predicted octanol–water partition coefficient (Wildman–Crippen LogP) is 2.49. The minimum Gasteiger partial charge on any atom is -0.381 e. The Balaban J connectivity index is 2.04. The van der Waals surface area contributed by atoms with Crippen LogP contribution in [0.4, 0.5) is 0 Å². The van der Waals surface area contributed by atoms with Gasteiger partial charge in [-0.3, -0.25) is 4.21 Å². The maximum atomic E-state index is 12.5. The van der Waals surface area contributed by atoms with E-state index in [1.54, 1.807) is 0 Å². The zero-order chi connectivity index (χ0) is 14.5. The van der Waals surface area contributed by atoms with E-state index < -0.39 is 10.8 Å². The molecule has 1 fully saturated rings. The van der Waals surface area contributed by atoms with Crippen molar-refractivity contribution in [2.45, 2.75) is 38.0 Å². The third-order valence-corrected chi connectivity index (χ3v) is 6.03. The summed E-state index contributed by atoms with van der Waals surface area (Å²) in [6.07, 6.45) is 1.85. The molecule has 2 rings (SSSR count). The SMILES string of the molecule is CNC(CS(=O)C1CCOCC1)c1ccc(C)c(C)c1. The Labute approximate surface area is 124 Å². The van der Waals surface area contributed by atoms with E-state index in [2.05, 4.69) is 37.4 Å². The van der Waals surface area contributed by atoms with E-state index >= 15 is 0 Å². The van der Waals surface area contributed by atoms with E-state index in [0.29, 0.717) is 11.0 Å². The summed E-state index contributed by atoms with van der Waals surface area (Å²) in [6.45, 7) is 5.75. The van der Waals surface area contributed by atoms with Crippen LogP contribution in [-0.4, -0.2) is 35.5 Å². The van der Waals surface area contributed by atoms with Crippen LogP contribution in [0.2, 0.25) is 0 Å². The van der Waals surface area contributed by atoms with Crippen LogP contribution in [-0.2, 0) is 15.5 Å². The summed E-state index contributed by atoms with van der Waals surface area (Å²) in [5.41, 5.74) is 3.82. The molecule has 0 bridgehead atoms. The third-order valence-electron chi connectivity index (χ3n) is 4.15. The molecule has 1 aromatic rings. The Hall–Kier alpha value is -0.710. The first-order valence-electron chi connectivity index (χ1n) is 7.31. The van der Waals surface area contributed by atoms with Gasteiger partial charge in [0.25, 0.3) is 0 Å². The molecule has 1 aromatic carbocycles. The largest absolute Gasteiger partial charge is 0.381 e. The predicted molar refractivity (Wildman–Crippen MR) is 84.6 cm³/mol. The lowest BCUT2D eigenvalue weighted by atomic mass is 10.0. The second-order valence-electron chi connectivity index (χ2n) is 5.54. The van der Waals surface area contributed by atoms with Crippen molar-refractivity contribution in [3.8, 4) is 0 Å². The van der Waals surface area contributed by atoms with Crippen LogP contribution in [0.25, 0.3) is 0 Å². The smallest absolute Gasteiger partial charge is 0.0477 e. The van der Waals surface area contributed by atoms with Crippen LogP contribution >= 0.6 is 0 Å². The lowest BCUT2D eigenvalue weighted by Gasteiger charge is -2.24. The molecule has 1 saturated heterocycles. The molecular weight excluding hydrogens is 270 g/mol. The van der Waals surface area contributed by atoms with Gasteiger partial charge in [0, 0.05) is 41.1 Å². The first kappa shape index (κ1) is 15.7. The first-order valence-corrected chi connectivity index (χ1v) is 8.69. The molecule has 1 heterocycles. The van der Waals surface area contributed by atoms with Gasteiger partial charge < -0.3 is 10.1 Å². The zero-order valence-corrected chi connectivity index (χ0v) is 13.5. The molecule has 1 N–H and O–H groups in total. The molecule has 2 unspecified atom stereocenters. The molecule has 1 aliphatic rings. The molecule has 0 radical (unpaired) electrons. The van der Waals surface area contributed by atoms with E-state index in [1.165, 1.54) is 16.7 Å². The summed E-state index contributed by atoms with van der Waals surface area (Å²) in [4.78, 5) is 0. The molecule has 4 heteroatoms. The minimum atomic E-state index is -0.791. The monoisotopic (exact) mass is 295 g/mol. The lowest BCUT2D eigenvalue weighted by Crippen LogP contribution is -2.31. The molecular formula is C16H25NO2S. The van der Waals surface area contributed by atoms with Crippen LogP contribution in [0.15, 0.2) is 18.2 Å². The topological polar surface area (TPSA) is 38.3 Å². The number of aryl methyl sites for hydroxylation is 2. The fourth-order valence-corrected chi connectivity index (χ4v) is 4.24. The van der Waals surface area contributed by atoms with Crippen molar-refractivity contribution in [2.24, 2.45) is 0 Å². The molecule has 112 valence electrons. The second kappa shape index (κ2) is 7.34. The summed E-state index contributed by atoms with van der Waals surface area (Å²) in [5.74, 6) is 0.684. The Bertz CT molecular complexity index is 470. The fourth-order valence-electron chi connectivity index (χ4n) is 2.57. The van der Waals surface area contributed by atoms with E-state index in [9.17, 15) is 4.21 Å². The number of ether oxygens (including phenoxy) is 1. The van der Waals surface area contributed by atoms with Crippen LogP contribution in [0.1, 0.15) is 35.6 Å². The standard InChI is InChI=1S/C16H25NO2S/c1-12-4-5-14(10-13(12)2)16(17-3)11-20(18)15-6-8-19-9-7-15/h4-5,10,15-17H,6-9,11H2,1-3H3. The number of hydrogen-bond acceptors (Lipinski definition) is 3. The Morgan fingerprint density at radius 2 is 2.00 bits per heavy atom. The lowest BCUT2D eigenvalue weighted by molar-refractivity contribution is 0.0992. The Morgan fingerprint density at radius 3 is 2.60 bits per heavy atom. The number of hydrogen-bond donors (Lipinski definition) is 1. The van der Waals surface area contributed by atoms with Gasteiger partial charge in [-0.2, -0.15) is 0 Å². The van der Waals surface area contributed by atoms with Crippen molar-refractivity contribution in [2.75, 3.05) is 26.0 Å². The van der Waals surface area contributed by atoms with Gasteiger partial charge in [-0.15, -0.1) is 0 Å². The van der Waals surface area contributed by atoms with Crippen molar-refractivity contribution in [3.63, 3.8) is 0 Å². The van der Waals surface area contributed by atoms with Gasteiger partial charge in [0.2, 0.25) is 0 Å². The van der Waals surface area contributed by atoms with Crippen molar-refractivity contribution in [1.29, 1.82) is 0 Å². The average molecular weight is 295 g/mol. The van der Waals surface area contributed by atoms with Crippen molar-refractivity contribution >= 4 is 10.8 Å². The highest BCUT2D eigenvalue weighted by Crippen LogP contribution is 2.21. The number of benzene rings is 1. The Morgan fingerprint density at radius 1 is 1.30 bits per heavy atom. The van der Waals surface area contributed by atoms with Gasteiger partial charge in [-0.25, -0.2) is 0 Å². The summed E-state index contributed by atoms with van der Waals surface area (Å²) in [6, 6.07) is 6.66. The van der Waals surface area contributed by atoms with Gasteiger partial charge in [-0.1, -0.05) is 18.2 Å². The highest BCUT2D eigenvalue weighted by atomic mass is 32.2. The Kier molecular flexibility index (Phi) is 5.75. The molecule has 1 aliphatic heterocycles. The third kappa shape index (κ3) is 3.90. The van der Waals surface area contributed by atoms with Gasteiger partial charge in [-0.05, 0) is 50.4 Å². The molecule has 20 heavy (non-hydrogen) atoms. The quantitative estimate of drug-likeness (QED) is 0.907. The average Bonchev–Trinajstić information content (AvgIpc) is 2.48. The number of rotatable bonds is 5. The number of nitrogens with one attached hydrogen (secondary N) is 1. The van der Waals surface area contributed by atoms with Crippen LogP contribution in [0, 0.1) is 13.8 Å². The molecule has 0 aliphatic carbocycles. The van der Waals surface area contributed by atoms with Gasteiger partial charge in [0.15, 0.2) is 0 Å². The zero-order valence-electron chi connectivity index (χ0n) is 12.6. The fraction of sp³-hybridized carbons (Fsp3) is 0.625. The molecule has 0 saturated carbocycles. The summed E-state index contributed by atoms with van der Waals surface area (Å²) in [7, 11) is 1.15. The molecule has 0 spiro atoms. The highest BCUT2D eigenvalue weighted by Gasteiger charge is 2.23. The van der Waals surface area contributed by atoms with Crippen LogP contribution in [0.3, 0.4) is 0 Å². The maximum Gasteiger partial charge on any atom is 0.0477 e. The second-order valence-corrected chi connectivity index (χ2v) is 7.31. The molecule has 0 aromatic heterocycles. The van der Waals surface area contributed by atoms with Crippen LogP contribution < -0.4 is 5.32 Å². The van der Waals surface area contributed by atoms with Crippen molar-refractivity contribution in [1.82, 2.24) is 5.32 Å². The van der Waals surface area contributed by atoms with Crippen molar-refractivity contribution in [3.05, 3.63) is 34.9 Å². The molecule has 3 nitrogen and oxygen atoms in total. The van der Waals surface area contributed by atoms with Crippen molar-refractivity contribution < 1.29 is 8.95 Å². The van der Waals surface area contributed by atoms with E-state index in [0.717, 1.165) is 26.1 Å². The van der Waals surface area contributed by atoms with E-state index in [1.807, 2.05) is 7.05 Å². The van der Waals surface area contributed by atoms with E-state index in [4.69, 9.17) is 4.74 Å². The van der Waals surface area contributed by atoms with Crippen LogP contribution in [0.5, 0.6) is 0 Å².